The fraction of sp³-hybridized carbons (Fsp3) is 0.192. The molecule has 0 radical (unpaired) electrons. The second-order valence-corrected chi connectivity index (χ2v) is 8.05. The lowest BCUT2D eigenvalue weighted by Gasteiger charge is -2.06. The zero-order chi connectivity index (χ0) is 21.6. The summed E-state index contributed by atoms with van der Waals surface area (Å²) in [6.45, 7) is 1.05. The van der Waals surface area contributed by atoms with Crippen LogP contribution in [-0.2, 0) is 24.2 Å². The lowest BCUT2D eigenvalue weighted by Crippen LogP contribution is -2.25. The Balaban J connectivity index is 1.38. The summed E-state index contributed by atoms with van der Waals surface area (Å²) in [5.41, 5.74) is 3.93. The van der Waals surface area contributed by atoms with Gasteiger partial charge in [-0.05, 0) is 48.2 Å². The number of halogens is 2. The van der Waals surface area contributed by atoms with E-state index in [4.69, 9.17) is 11.6 Å². The number of aromatic nitrogens is 1. The third-order valence-corrected chi connectivity index (χ3v) is 5.69. The maximum atomic E-state index is 14.1. The standard InChI is InChI=1S/C26H24ClFN2O/c27-22-12-9-19(10-13-22)15-16-29-26(31)14-11-20-17-30(25-8-4-2-6-23(20)25)18-21-5-1-3-7-24(21)28/h1-10,12-13,17H,11,14-16,18H2,(H,29,31). The fourth-order valence-electron chi connectivity index (χ4n) is 3.80. The molecule has 5 heteroatoms. The van der Waals surface area contributed by atoms with Crippen LogP contribution < -0.4 is 5.32 Å². The minimum atomic E-state index is -0.207. The molecule has 158 valence electrons. The molecule has 0 aliphatic rings. The SMILES string of the molecule is O=C(CCc1cn(Cc2ccccc2F)c2ccccc12)NCCc1ccc(Cl)cc1. The molecule has 1 aromatic heterocycles. The number of aryl methyl sites for hydroxylation is 1. The Morgan fingerprint density at radius 2 is 1.65 bits per heavy atom. The minimum Gasteiger partial charge on any atom is -0.356 e. The van der Waals surface area contributed by atoms with E-state index in [9.17, 15) is 9.18 Å². The molecule has 0 aliphatic heterocycles. The van der Waals surface area contributed by atoms with Crippen molar-refractivity contribution < 1.29 is 9.18 Å². The van der Waals surface area contributed by atoms with E-state index in [0.717, 1.165) is 28.5 Å². The van der Waals surface area contributed by atoms with Crippen molar-refractivity contribution in [2.75, 3.05) is 6.54 Å². The molecule has 0 aliphatic carbocycles. The number of carbonyl (C=O) groups excluding carboxylic acids is 1. The summed E-state index contributed by atoms with van der Waals surface area (Å²) in [4.78, 5) is 12.4. The molecule has 0 spiro atoms. The summed E-state index contributed by atoms with van der Waals surface area (Å²) in [5.74, 6) is -0.179. The number of para-hydroxylation sites is 1. The molecule has 0 atom stereocenters. The molecular formula is C26H24ClFN2O. The number of nitrogens with one attached hydrogen (secondary N) is 1. The van der Waals surface area contributed by atoms with E-state index in [-0.39, 0.29) is 11.7 Å². The number of carbonyl (C=O) groups is 1. The van der Waals surface area contributed by atoms with Crippen LogP contribution in [0.3, 0.4) is 0 Å². The van der Waals surface area contributed by atoms with Gasteiger partial charge in [0.05, 0.1) is 6.54 Å². The monoisotopic (exact) mass is 434 g/mol. The van der Waals surface area contributed by atoms with Gasteiger partial charge >= 0.3 is 0 Å². The normalized spacial score (nSPS) is 11.0. The van der Waals surface area contributed by atoms with Crippen LogP contribution in [0.15, 0.2) is 79.0 Å². The highest BCUT2D eigenvalue weighted by molar-refractivity contribution is 6.30. The lowest BCUT2D eigenvalue weighted by atomic mass is 10.1. The largest absolute Gasteiger partial charge is 0.356 e. The summed E-state index contributed by atoms with van der Waals surface area (Å²) in [6, 6.07) is 22.5. The number of fused-ring (bicyclic) bond motifs is 1. The van der Waals surface area contributed by atoms with E-state index in [0.29, 0.717) is 36.5 Å². The number of hydrogen-bond donors (Lipinski definition) is 1. The highest BCUT2D eigenvalue weighted by Gasteiger charge is 2.11. The number of amides is 1. The van der Waals surface area contributed by atoms with Crippen molar-refractivity contribution in [3.05, 3.63) is 107 Å². The molecule has 0 bridgehead atoms. The minimum absolute atomic E-state index is 0.0277. The quantitative estimate of drug-likeness (QED) is 0.375. The molecule has 0 unspecified atom stereocenters. The van der Waals surface area contributed by atoms with Crippen molar-refractivity contribution in [2.45, 2.75) is 25.8 Å². The zero-order valence-corrected chi connectivity index (χ0v) is 17.9. The molecule has 1 N–H and O–H groups in total. The molecule has 0 fully saturated rings. The average Bonchev–Trinajstić information content (AvgIpc) is 3.13. The maximum absolute atomic E-state index is 14.1. The third kappa shape index (κ3) is 5.33. The molecule has 0 saturated carbocycles. The number of hydrogen-bond acceptors (Lipinski definition) is 1. The number of benzene rings is 3. The van der Waals surface area contributed by atoms with E-state index in [1.165, 1.54) is 6.07 Å². The third-order valence-electron chi connectivity index (χ3n) is 5.44. The molecule has 3 aromatic carbocycles. The fourth-order valence-corrected chi connectivity index (χ4v) is 3.92. The summed E-state index contributed by atoms with van der Waals surface area (Å²) >= 11 is 5.90. The van der Waals surface area contributed by atoms with Crippen LogP contribution in [0.1, 0.15) is 23.1 Å². The van der Waals surface area contributed by atoms with Gasteiger partial charge < -0.3 is 9.88 Å². The first-order chi connectivity index (χ1) is 15.1. The molecule has 31 heavy (non-hydrogen) atoms. The van der Waals surface area contributed by atoms with Gasteiger partial charge in [0.1, 0.15) is 5.82 Å². The van der Waals surface area contributed by atoms with Gasteiger partial charge in [-0.3, -0.25) is 4.79 Å². The average molecular weight is 435 g/mol. The Labute approximate surface area is 186 Å². The molecule has 0 saturated heterocycles. The summed E-state index contributed by atoms with van der Waals surface area (Å²) in [5, 5.41) is 4.80. The maximum Gasteiger partial charge on any atom is 0.220 e. The molecule has 4 rings (SSSR count). The van der Waals surface area contributed by atoms with Crippen molar-refractivity contribution >= 4 is 28.4 Å². The molecule has 4 aromatic rings. The predicted molar refractivity (Wildman–Crippen MR) is 124 cm³/mol. The Hall–Kier alpha value is -3.11. The van der Waals surface area contributed by atoms with E-state index in [1.54, 1.807) is 12.1 Å². The van der Waals surface area contributed by atoms with Crippen LogP contribution in [0, 0.1) is 5.82 Å². The van der Waals surface area contributed by atoms with Crippen LogP contribution in [0.5, 0.6) is 0 Å². The van der Waals surface area contributed by atoms with Gasteiger partial charge in [0.25, 0.3) is 0 Å². The van der Waals surface area contributed by atoms with Crippen molar-refractivity contribution in [3.63, 3.8) is 0 Å². The molecule has 3 nitrogen and oxygen atoms in total. The van der Waals surface area contributed by atoms with Gasteiger partial charge in [0.2, 0.25) is 5.91 Å². The Bertz CT molecular complexity index is 1180. The zero-order valence-electron chi connectivity index (χ0n) is 17.2. The van der Waals surface area contributed by atoms with E-state index in [2.05, 4.69) is 16.0 Å². The topological polar surface area (TPSA) is 34.0 Å². The van der Waals surface area contributed by atoms with Crippen LogP contribution in [0.25, 0.3) is 10.9 Å². The second kappa shape index (κ2) is 9.80. The highest BCUT2D eigenvalue weighted by atomic mass is 35.5. The summed E-state index contributed by atoms with van der Waals surface area (Å²) < 4.78 is 16.2. The Kier molecular flexibility index (Phi) is 6.68. The van der Waals surface area contributed by atoms with Gasteiger partial charge in [-0.25, -0.2) is 4.39 Å². The lowest BCUT2D eigenvalue weighted by molar-refractivity contribution is -0.121. The first kappa shape index (κ1) is 21.1. The first-order valence-corrected chi connectivity index (χ1v) is 10.8. The van der Waals surface area contributed by atoms with E-state index >= 15 is 0 Å². The highest BCUT2D eigenvalue weighted by Crippen LogP contribution is 2.24. The molecular weight excluding hydrogens is 411 g/mol. The Morgan fingerprint density at radius 1 is 0.903 bits per heavy atom. The molecule has 1 heterocycles. The summed E-state index contributed by atoms with van der Waals surface area (Å²) in [6.07, 6.45) is 3.86. The predicted octanol–water partition coefficient (Wildman–Crippen LogP) is 5.77. The van der Waals surface area contributed by atoms with E-state index in [1.807, 2.05) is 54.7 Å². The number of nitrogens with zero attached hydrogens (tertiary/aromatic N) is 1. The second-order valence-electron chi connectivity index (χ2n) is 7.62. The molecule has 1 amide bonds. The van der Waals surface area contributed by atoms with Crippen LogP contribution in [-0.4, -0.2) is 17.0 Å². The Morgan fingerprint density at radius 3 is 2.45 bits per heavy atom. The summed E-state index contributed by atoms with van der Waals surface area (Å²) in [7, 11) is 0. The van der Waals surface area contributed by atoms with Crippen molar-refractivity contribution in [1.82, 2.24) is 9.88 Å². The smallest absolute Gasteiger partial charge is 0.220 e. The van der Waals surface area contributed by atoms with Gasteiger partial charge in [0, 0.05) is 40.7 Å². The van der Waals surface area contributed by atoms with Crippen molar-refractivity contribution in [3.8, 4) is 0 Å². The van der Waals surface area contributed by atoms with Crippen LogP contribution >= 0.6 is 11.6 Å². The number of rotatable bonds is 8. The van der Waals surface area contributed by atoms with Gasteiger partial charge in [-0.15, -0.1) is 0 Å². The first-order valence-electron chi connectivity index (χ1n) is 10.4. The van der Waals surface area contributed by atoms with Gasteiger partial charge in [-0.1, -0.05) is 60.1 Å². The van der Waals surface area contributed by atoms with Crippen LogP contribution in [0.2, 0.25) is 5.02 Å². The van der Waals surface area contributed by atoms with E-state index < -0.39 is 0 Å². The van der Waals surface area contributed by atoms with Crippen molar-refractivity contribution in [2.24, 2.45) is 0 Å². The van der Waals surface area contributed by atoms with Crippen LogP contribution in [0.4, 0.5) is 4.39 Å². The van der Waals surface area contributed by atoms with Gasteiger partial charge in [0.15, 0.2) is 0 Å². The van der Waals surface area contributed by atoms with Gasteiger partial charge in [-0.2, -0.15) is 0 Å². The van der Waals surface area contributed by atoms with Crippen molar-refractivity contribution in [1.29, 1.82) is 0 Å².